The van der Waals surface area contributed by atoms with E-state index in [0.717, 1.165) is 5.56 Å². The molecule has 3 aromatic rings. The van der Waals surface area contributed by atoms with Crippen molar-refractivity contribution in [1.82, 2.24) is 9.78 Å². The van der Waals surface area contributed by atoms with Gasteiger partial charge in [-0.1, -0.05) is 17.7 Å². The molecule has 7 heteroatoms. The van der Waals surface area contributed by atoms with Gasteiger partial charge >= 0.3 is 7.60 Å². The van der Waals surface area contributed by atoms with Crippen LogP contribution in [0.3, 0.4) is 0 Å². The molecule has 0 saturated heterocycles. The van der Waals surface area contributed by atoms with E-state index in [0.29, 0.717) is 16.6 Å². The van der Waals surface area contributed by atoms with Gasteiger partial charge in [-0.2, -0.15) is 5.10 Å². The van der Waals surface area contributed by atoms with Gasteiger partial charge in [-0.25, -0.2) is 9.07 Å². The zero-order chi connectivity index (χ0) is 18.0. The molecule has 0 amide bonds. The number of rotatable bonds is 6. The summed E-state index contributed by atoms with van der Waals surface area (Å²) < 4.78 is 39.8. The highest BCUT2D eigenvalue weighted by atomic mass is 31.2. The lowest BCUT2D eigenvalue weighted by Gasteiger charge is -2.18. The lowest BCUT2D eigenvalue weighted by atomic mass is 10.2. The highest BCUT2D eigenvalue weighted by Gasteiger charge is 2.34. The zero-order valence-corrected chi connectivity index (χ0v) is 15.3. The molecule has 0 radical (unpaired) electrons. The third kappa shape index (κ3) is 3.38. The molecule has 0 saturated carbocycles. The van der Waals surface area contributed by atoms with Gasteiger partial charge in [-0.3, -0.25) is 4.57 Å². The van der Waals surface area contributed by atoms with Crippen LogP contribution in [0.5, 0.6) is 0 Å². The van der Waals surface area contributed by atoms with E-state index in [2.05, 4.69) is 5.10 Å². The van der Waals surface area contributed by atoms with Crippen LogP contribution in [0.1, 0.15) is 19.4 Å². The molecule has 5 nitrogen and oxygen atoms in total. The van der Waals surface area contributed by atoms with Crippen LogP contribution < -0.4 is 5.44 Å². The lowest BCUT2D eigenvalue weighted by molar-refractivity contribution is 0.229. The maximum Gasteiger partial charge on any atom is 0.380 e. The smallest absolute Gasteiger partial charge is 0.304 e. The van der Waals surface area contributed by atoms with E-state index in [4.69, 9.17) is 9.05 Å². The van der Waals surface area contributed by atoms with Crippen molar-refractivity contribution in [2.24, 2.45) is 0 Å². The highest BCUT2D eigenvalue weighted by Crippen LogP contribution is 2.49. The van der Waals surface area contributed by atoms with Crippen LogP contribution in [0.25, 0.3) is 16.6 Å². The molecule has 1 aromatic heterocycles. The fourth-order valence-electron chi connectivity index (χ4n) is 2.67. The summed E-state index contributed by atoms with van der Waals surface area (Å²) in [4.78, 5) is 0. The molecular weight excluding hydrogens is 342 g/mol. The number of fused-ring (bicyclic) bond motifs is 1. The van der Waals surface area contributed by atoms with Crippen LogP contribution in [-0.4, -0.2) is 23.0 Å². The van der Waals surface area contributed by atoms with Gasteiger partial charge in [0.2, 0.25) is 0 Å². The van der Waals surface area contributed by atoms with Gasteiger partial charge in [0.25, 0.3) is 0 Å². The topological polar surface area (TPSA) is 53.4 Å². The molecule has 0 fully saturated rings. The van der Waals surface area contributed by atoms with Crippen molar-refractivity contribution >= 4 is 23.9 Å². The molecule has 25 heavy (non-hydrogen) atoms. The molecule has 0 N–H and O–H groups in total. The minimum absolute atomic E-state index is 0.202. The summed E-state index contributed by atoms with van der Waals surface area (Å²) >= 11 is 0. The third-order valence-corrected chi connectivity index (χ3v) is 5.89. The van der Waals surface area contributed by atoms with Crippen LogP contribution in [0, 0.1) is 12.7 Å². The second kappa shape index (κ2) is 7.08. The molecule has 0 bridgehead atoms. The van der Waals surface area contributed by atoms with Gasteiger partial charge < -0.3 is 9.05 Å². The first-order valence-corrected chi connectivity index (χ1v) is 9.67. The Labute approximate surface area is 145 Å². The number of aryl methyl sites for hydroxylation is 1. The standard InChI is InChI=1S/C18H20FN2O3P/c1-4-23-25(22,24-5-2)18-16-12-14(19)8-11-17(16)20-21(18)15-9-6-13(3)7-10-15/h6-12H,4-5H2,1-3H3. The van der Waals surface area contributed by atoms with Crippen LogP contribution >= 0.6 is 7.60 Å². The fraction of sp³-hybridized carbons (Fsp3) is 0.278. The normalized spacial score (nSPS) is 12.0. The molecule has 1 heterocycles. The Bertz CT molecular complexity index is 927. The molecular formula is C18H20FN2O3P. The number of aromatic nitrogens is 2. The molecule has 0 aliphatic heterocycles. The minimum Gasteiger partial charge on any atom is -0.304 e. The summed E-state index contributed by atoms with van der Waals surface area (Å²) in [6.07, 6.45) is 0. The number of halogens is 1. The van der Waals surface area contributed by atoms with Crippen LogP contribution in [0.2, 0.25) is 0 Å². The first-order chi connectivity index (χ1) is 12.0. The fourth-order valence-corrected chi connectivity index (χ4v) is 4.54. The minimum atomic E-state index is -3.67. The Morgan fingerprint density at radius 3 is 2.32 bits per heavy atom. The first kappa shape index (κ1) is 17.8. The molecule has 132 valence electrons. The van der Waals surface area contributed by atoms with Crippen molar-refractivity contribution in [2.45, 2.75) is 20.8 Å². The second-order valence-corrected chi connectivity index (χ2v) is 7.50. The third-order valence-electron chi connectivity index (χ3n) is 3.74. The average molecular weight is 362 g/mol. The van der Waals surface area contributed by atoms with E-state index in [1.54, 1.807) is 19.9 Å². The van der Waals surface area contributed by atoms with E-state index in [-0.39, 0.29) is 18.6 Å². The maximum atomic E-state index is 13.8. The molecule has 0 aliphatic carbocycles. The first-order valence-electron chi connectivity index (χ1n) is 8.13. The Morgan fingerprint density at radius 1 is 1.08 bits per heavy atom. The van der Waals surface area contributed by atoms with Gasteiger partial charge in [0.15, 0.2) is 5.44 Å². The SMILES string of the molecule is CCOP(=O)(OCC)c1c2cc(F)ccc2nn1-c1ccc(C)cc1. The van der Waals surface area contributed by atoms with E-state index in [1.807, 2.05) is 31.2 Å². The summed E-state index contributed by atoms with van der Waals surface area (Å²) in [5.41, 5.74) is 2.56. The number of benzene rings is 2. The zero-order valence-electron chi connectivity index (χ0n) is 14.4. The van der Waals surface area contributed by atoms with Crippen molar-refractivity contribution in [2.75, 3.05) is 13.2 Å². The Balaban J connectivity index is 2.33. The Hall–Kier alpha value is -2.01. The summed E-state index contributed by atoms with van der Waals surface area (Å²) in [6.45, 7) is 5.85. The summed E-state index contributed by atoms with van der Waals surface area (Å²) in [6, 6.07) is 11.8. The van der Waals surface area contributed by atoms with Gasteiger partial charge in [0, 0.05) is 5.39 Å². The molecule has 0 atom stereocenters. The van der Waals surface area contributed by atoms with E-state index in [9.17, 15) is 8.96 Å². The van der Waals surface area contributed by atoms with E-state index >= 15 is 0 Å². The monoisotopic (exact) mass is 362 g/mol. The van der Waals surface area contributed by atoms with Crippen molar-refractivity contribution in [3.8, 4) is 5.69 Å². The summed E-state index contributed by atoms with van der Waals surface area (Å²) in [5, 5.41) is 4.92. The van der Waals surface area contributed by atoms with Crippen LogP contribution in [0.15, 0.2) is 42.5 Å². The number of hydrogen-bond donors (Lipinski definition) is 0. The Kier molecular flexibility index (Phi) is 5.04. The molecule has 3 rings (SSSR count). The van der Waals surface area contributed by atoms with Crippen LogP contribution in [0.4, 0.5) is 4.39 Å². The quantitative estimate of drug-likeness (QED) is 0.611. The molecule has 0 unspecified atom stereocenters. The number of nitrogens with zero attached hydrogens (tertiary/aromatic N) is 2. The highest BCUT2D eigenvalue weighted by molar-refractivity contribution is 7.62. The largest absolute Gasteiger partial charge is 0.380 e. The second-order valence-electron chi connectivity index (χ2n) is 5.57. The maximum absolute atomic E-state index is 13.8. The van der Waals surface area contributed by atoms with Gasteiger partial charge in [0.1, 0.15) is 5.82 Å². The van der Waals surface area contributed by atoms with Gasteiger partial charge in [-0.05, 0) is 51.1 Å². The van der Waals surface area contributed by atoms with Crippen molar-refractivity contribution in [3.05, 3.63) is 53.8 Å². The van der Waals surface area contributed by atoms with Crippen LogP contribution in [-0.2, 0) is 13.6 Å². The summed E-state index contributed by atoms with van der Waals surface area (Å²) in [7, 11) is -3.67. The van der Waals surface area contributed by atoms with E-state index in [1.165, 1.54) is 16.8 Å². The van der Waals surface area contributed by atoms with E-state index < -0.39 is 13.4 Å². The van der Waals surface area contributed by atoms with Gasteiger partial charge in [0.05, 0.1) is 24.4 Å². The summed E-state index contributed by atoms with van der Waals surface area (Å²) in [5.74, 6) is -0.434. The Morgan fingerprint density at radius 2 is 1.72 bits per heavy atom. The van der Waals surface area contributed by atoms with Crippen molar-refractivity contribution < 1.29 is 18.0 Å². The molecule has 0 spiro atoms. The van der Waals surface area contributed by atoms with Crippen molar-refractivity contribution in [1.29, 1.82) is 0 Å². The molecule has 2 aromatic carbocycles. The van der Waals surface area contributed by atoms with Crippen molar-refractivity contribution in [3.63, 3.8) is 0 Å². The lowest BCUT2D eigenvalue weighted by Crippen LogP contribution is -2.21. The molecule has 0 aliphatic rings. The predicted molar refractivity (Wildman–Crippen MR) is 96.3 cm³/mol. The number of hydrogen-bond acceptors (Lipinski definition) is 4. The predicted octanol–water partition coefficient (Wildman–Crippen LogP) is 4.36. The average Bonchev–Trinajstić information content (AvgIpc) is 2.95. The van der Waals surface area contributed by atoms with Gasteiger partial charge in [-0.15, -0.1) is 0 Å².